The van der Waals surface area contributed by atoms with Gasteiger partial charge in [0.2, 0.25) is 0 Å². The highest BCUT2D eigenvalue weighted by atomic mass is 79.9. The lowest BCUT2D eigenvalue weighted by molar-refractivity contribution is -0.00000548. The molecule has 0 saturated carbocycles. The van der Waals surface area contributed by atoms with Gasteiger partial charge in [-0.05, 0) is 50.0 Å². The summed E-state index contributed by atoms with van der Waals surface area (Å²) >= 11 is 0. The Kier molecular flexibility index (Phi) is 8.85. The highest BCUT2D eigenvalue weighted by molar-refractivity contribution is 5.40. The molecule has 0 atom stereocenters. The molecular formula is C14H23BrNO2-. The van der Waals surface area contributed by atoms with Gasteiger partial charge in [0.25, 0.3) is 0 Å². The molecule has 104 valence electrons. The molecule has 0 fully saturated rings. The third-order valence-corrected chi connectivity index (χ3v) is 2.84. The summed E-state index contributed by atoms with van der Waals surface area (Å²) in [5.41, 5.74) is 1.07. The van der Waals surface area contributed by atoms with Gasteiger partial charge in [-0.15, -0.1) is 0 Å². The Labute approximate surface area is 120 Å². The molecule has 0 saturated heterocycles. The fraction of sp³-hybridized carbons (Fsp3) is 0.571. The number of benzene rings is 1. The van der Waals surface area contributed by atoms with Gasteiger partial charge >= 0.3 is 0 Å². The molecule has 1 aromatic carbocycles. The number of nitrogens with zero attached hydrogens (tertiary/aromatic N) is 1. The maximum absolute atomic E-state index is 9.41. The third-order valence-electron chi connectivity index (χ3n) is 2.84. The minimum absolute atomic E-state index is 0. The van der Waals surface area contributed by atoms with E-state index in [-0.39, 0.29) is 28.5 Å². The number of hydrogen-bond acceptors (Lipinski definition) is 3. The van der Waals surface area contributed by atoms with Gasteiger partial charge in [0, 0.05) is 6.54 Å². The van der Waals surface area contributed by atoms with Crippen molar-refractivity contribution < 1.29 is 27.2 Å². The van der Waals surface area contributed by atoms with Crippen molar-refractivity contribution in [1.82, 2.24) is 4.90 Å². The van der Waals surface area contributed by atoms with Crippen LogP contribution in [0.2, 0.25) is 0 Å². The van der Waals surface area contributed by atoms with E-state index in [0.29, 0.717) is 0 Å². The van der Waals surface area contributed by atoms with Crippen LogP contribution in [0.25, 0.3) is 0 Å². The molecule has 0 aliphatic carbocycles. The number of rotatable bonds is 7. The first-order chi connectivity index (χ1) is 8.17. The molecule has 0 amide bonds. The van der Waals surface area contributed by atoms with Crippen molar-refractivity contribution >= 4 is 0 Å². The minimum Gasteiger partial charge on any atom is -1.00 e. The quantitative estimate of drug-likeness (QED) is 0.683. The topological polar surface area (TPSA) is 43.7 Å². The normalized spacial score (nSPS) is 10.4. The Morgan fingerprint density at radius 2 is 1.56 bits per heavy atom. The van der Waals surface area contributed by atoms with Crippen LogP contribution in [0.1, 0.15) is 32.3 Å². The molecule has 2 N–H and O–H groups in total. The van der Waals surface area contributed by atoms with Crippen LogP contribution in [0.5, 0.6) is 11.5 Å². The van der Waals surface area contributed by atoms with Crippen LogP contribution >= 0.6 is 0 Å². The molecular weight excluding hydrogens is 294 g/mol. The third kappa shape index (κ3) is 5.74. The fourth-order valence-electron chi connectivity index (χ4n) is 1.98. The summed E-state index contributed by atoms with van der Waals surface area (Å²) in [6.07, 6.45) is 3.25. The van der Waals surface area contributed by atoms with Crippen LogP contribution in [-0.2, 0) is 6.42 Å². The second kappa shape index (κ2) is 9.22. The molecule has 1 aromatic rings. The second-order valence-electron chi connectivity index (χ2n) is 4.41. The standard InChI is InChI=1S/C14H23NO2.BrH/c1-3-8-15(9-4-2)10-7-12-5-6-13(16)14(17)11-12;/h5-6,11,16-17H,3-4,7-10H2,1-2H3;1H/p-1. The number of aromatic hydroxyl groups is 2. The van der Waals surface area contributed by atoms with Gasteiger partial charge in [0.15, 0.2) is 11.5 Å². The Morgan fingerprint density at radius 3 is 2.06 bits per heavy atom. The molecule has 0 unspecified atom stereocenters. The van der Waals surface area contributed by atoms with Gasteiger partial charge in [-0.2, -0.15) is 0 Å². The Hall–Kier alpha value is -0.740. The Balaban J connectivity index is 0.00000289. The summed E-state index contributed by atoms with van der Waals surface area (Å²) < 4.78 is 0. The Bertz CT molecular complexity index is 339. The molecule has 0 aliphatic heterocycles. The lowest BCUT2D eigenvalue weighted by Crippen LogP contribution is -3.00. The van der Waals surface area contributed by atoms with E-state index in [4.69, 9.17) is 0 Å². The maximum atomic E-state index is 9.41. The van der Waals surface area contributed by atoms with E-state index in [1.54, 1.807) is 12.1 Å². The molecule has 18 heavy (non-hydrogen) atoms. The molecule has 0 aromatic heterocycles. The van der Waals surface area contributed by atoms with Crippen LogP contribution in [0.4, 0.5) is 0 Å². The van der Waals surface area contributed by atoms with Crippen molar-refractivity contribution in [2.75, 3.05) is 19.6 Å². The second-order valence-corrected chi connectivity index (χ2v) is 4.41. The average molecular weight is 317 g/mol. The van der Waals surface area contributed by atoms with Crippen molar-refractivity contribution in [2.24, 2.45) is 0 Å². The SMILES string of the molecule is CCCN(CCC)CCc1ccc(O)c(O)c1.[Br-]. The number of hydrogen-bond donors (Lipinski definition) is 2. The molecule has 0 spiro atoms. The Morgan fingerprint density at radius 1 is 0.944 bits per heavy atom. The minimum atomic E-state index is -0.0484. The summed E-state index contributed by atoms with van der Waals surface area (Å²) in [5.74, 6) is -0.0762. The van der Waals surface area contributed by atoms with E-state index in [0.717, 1.165) is 31.6 Å². The van der Waals surface area contributed by atoms with E-state index in [2.05, 4.69) is 18.7 Å². The molecule has 1 rings (SSSR count). The van der Waals surface area contributed by atoms with E-state index in [9.17, 15) is 10.2 Å². The van der Waals surface area contributed by atoms with Crippen molar-refractivity contribution in [3.63, 3.8) is 0 Å². The first kappa shape index (κ1) is 17.3. The fourth-order valence-corrected chi connectivity index (χ4v) is 1.98. The van der Waals surface area contributed by atoms with E-state index in [1.807, 2.05) is 6.07 Å². The summed E-state index contributed by atoms with van der Waals surface area (Å²) in [7, 11) is 0. The van der Waals surface area contributed by atoms with Crippen molar-refractivity contribution in [3.8, 4) is 11.5 Å². The van der Waals surface area contributed by atoms with Gasteiger partial charge in [0.1, 0.15) is 0 Å². The van der Waals surface area contributed by atoms with Crippen LogP contribution in [0.3, 0.4) is 0 Å². The zero-order chi connectivity index (χ0) is 12.7. The molecule has 0 heterocycles. The van der Waals surface area contributed by atoms with Crippen molar-refractivity contribution in [3.05, 3.63) is 23.8 Å². The summed E-state index contributed by atoms with van der Waals surface area (Å²) in [6, 6.07) is 5.06. The highest BCUT2D eigenvalue weighted by Gasteiger charge is 2.05. The first-order valence-electron chi connectivity index (χ1n) is 6.40. The largest absolute Gasteiger partial charge is 1.00 e. The van der Waals surface area contributed by atoms with Crippen molar-refractivity contribution in [1.29, 1.82) is 0 Å². The monoisotopic (exact) mass is 316 g/mol. The van der Waals surface area contributed by atoms with Crippen molar-refractivity contribution in [2.45, 2.75) is 33.1 Å². The predicted molar refractivity (Wildman–Crippen MR) is 70.5 cm³/mol. The summed E-state index contributed by atoms with van der Waals surface area (Å²) in [6.45, 7) is 7.63. The van der Waals surface area contributed by atoms with E-state index >= 15 is 0 Å². The number of phenols is 2. The van der Waals surface area contributed by atoms with Crippen LogP contribution in [-0.4, -0.2) is 34.7 Å². The van der Waals surface area contributed by atoms with Crippen LogP contribution < -0.4 is 17.0 Å². The highest BCUT2D eigenvalue weighted by Crippen LogP contribution is 2.25. The van der Waals surface area contributed by atoms with Gasteiger partial charge in [-0.25, -0.2) is 0 Å². The predicted octanol–water partition coefficient (Wildman–Crippen LogP) is -0.234. The van der Waals surface area contributed by atoms with Gasteiger partial charge in [-0.3, -0.25) is 0 Å². The van der Waals surface area contributed by atoms with Crippen LogP contribution in [0, 0.1) is 0 Å². The molecule has 0 bridgehead atoms. The summed E-state index contributed by atoms with van der Waals surface area (Å²) in [5, 5.41) is 18.6. The molecule has 4 heteroatoms. The molecule has 0 radical (unpaired) electrons. The van der Waals surface area contributed by atoms with Gasteiger partial charge < -0.3 is 32.1 Å². The zero-order valence-corrected chi connectivity index (χ0v) is 12.8. The smallest absolute Gasteiger partial charge is 0.157 e. The summed E-state index contributed by atoms with van der Waals surface area (Å²) in [4.78, 5) is 2.43. The lowest BCUT2D eigenvalue weighted by Gasteiger charge is -2.20. The van der Waals surface area contributed by atoms with Gasteiger partial charge in [-0.1, -0.05) is 19.9 Å². The lowest BCUT2D eigenvalue weighted by atomic mass is 10.1. The number of phenolic OH excluding ortho intramolecular Hbond substituents is 2. The molecule has 0 aliphatic rings. The van der Waals surface area contributed by atoms with Crippen LogP contribution in [0.15, 0.2) is 18.2 Å². The molecule has 3 nitrogen and oxygen atoms in total. The van der Waals surface area contributed by atoms with E-state index in [1.165, 1.54) is 12.8 Å². The number of halogens is 1. The van der Waals surface area contributed by atoms with Gasteiger partial charge in [0.05, 0.1) is 0 Å². The first-order valence-corrected chi connectivity index (χ1v) is 6.40. The average Bonchev–Trinajstić information content (AvgIpc) is 2.31. The zero-order valence-electron chi connectivity index (χ0n) is 11.2. The maximum Gasteiger partial charge on any atom is 0.157 e. The van der Waals surface area contributed by atoms with E-state index < -0.39 is 0 Å².